The number of fused-ring (bicyclic) bond motifs is 1. The smallest absolute Gasteiger partial charge is 0.142 e. The van der Waals surface area contributed by atoms with Crippen LogP contribution >= 0.6 is 0 Å². The Morgan fingerprint density at radius 1 is 0.655 bits per heavy atom. The lowest BCUT2D eigenvalue weighted by molar-refractivity contribution is 0.312. The van der Waals surface area contributed by atoms with Crippen LogP contribution in [0.25, 0.3) is 10.8 Å². The monoisotopic (exact) mass is 381 g/mol. The lowest BCUT2D eigenvalue weighted by Crippen LogP contribution is -2.08. The Balaban J connectivity index is 1.31. The molecule has 0 aliphatic carbocycles. The number of aryl methyl sites for hydroxylation is 1. The second-order valence-electron chi connectivity index (χ2n) is 7.25. The van der Waals surface area contributed by atoms with E-state index in [0.29, 0.717) is 0 Å². The summed E-state index contributed by atoms with van der Waals surface area (Å²) in [6.07, 6.45) is 3.02. The predicted molar refractivity (Wildman–Crippen MR) is 123 cm³/mol. The van der Waals surface area contributed by atoms with Gasteiger partial charge in [0, 0.05) is 6.54 Å². The fraction of sp³-hybridized carbons (Fsp3) is 0.185. The third-order valence-electron chi connectivity index (χ3n) is 5.19. The number of hydrogen-bond acceptors (Lipinski definition) is 2. The van der Waals surface area contributed by atoms with Gasteiger partial charge in [-0.25, -0.2) is 0 Å². The van der Waals surface area contributed by atoms with Crippen LogP contribution in [0.15, 0.2) is 97.1 Å². The van der Waals surface area contributed by atoms with Crippen LogP contribution in [0.3, 0.4) is 0 Å². The van der Waals surface area contributed by atoms with E-state index in [1.165, 1.54) is 21.9 Å². The average molecular weight is 382 g/mol. The minimum absolute atomic E-state index is 0.719. The molecule has 0 bridgehead atoms. The molecule has 146 valence electrons. The summed E-state index contributed by atoms with van der Waals surface area (Å²) in [6, 6.07) is 33.9. The number of ether oxygens (including phenoxy) is 1. The molecule has 0 aliphatic heterocycles. The van der Waals surface area contributed by atoms with Crippen molar-refractivity contribution in [3.8, 4) is 5.75 Å². The molecule has 0 spiro atoms. The third kappa shape index (κ3) is 5.17. The van der Waals surface area contributed by atoms with Gasteiger partial charge in [0.25, 0.3) is 0 Å². The zero-order valence-corrected chi connectivity index (χ0v) is 16.7. The van der Waals surface area contributed by atoms with Crippen LogP contribution in [-0.2, 0) is 12.8 Å². The Morgan fingerprint density at radius 2 is 1.41 bits per heavy atom. The van der Waals surface area contributed by atoms with Crippen LogP contribution in [0, 0.1) is 0 Å². The molecule has 0 saturated heterocycles. The van der Waals surface area contributed by atoms with Crippen molar-refractivity contribution in [3.05, 3.63) is 108 Å². The molecule has 0 unspecified atom stereocenters. The SMILES string of the molecule is c1ccc(CCCOc2ccccc2NCCc2cccc3ccccc23)cc1. The first-order valence-electron chi connectivity index (χ1n) is 10.4. The van der Waals surface area contributed by atoms with Crippen LogP contribution in [0.2, 0.25) is 0 Å². The van der Waals surface area contributed by atoms with Crippen molar-refractivity contribution in [2.24, 2.45) is 0 Å². The van der Waals surface area contributed by atoms with Crippen molar-refractivity contribution >= 4 is 16.5 Å². The molecule has 0 atom stereocenters. The number of anilines is 1. The summed E-state index contributed by atoms with van der Waals surface area (Å²) in [4.78, 5) is 0. The Morgan fingerprint density at radius 3 is 2.34 bits per heavy atom. The molecule has 4 aromatic rings. The van der Waals surface area contributed by atoms with Crippen molar-refractivity contribution in [2.45, 2.75) is 19.3 Å². The van der Waals surface area contributed by atoms with E-state index in [2.05, 4.69) is 90.2 Å². The van der Waals surface area contributed by atoms with Gasteiger partial charge in [-0.05, 0) is 53.3 Å². The van der Waals surface area contributed by atoms with Crippen molar-refractivity contribution in [1.82, 2.24) is 0 Å². The van der Waals surface area contributed by atoms with Crippen molar-refractivity contribution < 1.29 is 4.74 Å². The third-order valence-corrected chi connectivity index (χ3v) is 5.19. The van der Waals surface area contributed by atoms with Crippen LogP contribution in [0.4, 0.5) is 5.69 Å². The van der Waals surface area contributed by atoms with Crippen molar-refractivity contribution in [3.63, 3.8) is 0 Å². The van der Waals surface area contributed by atoms with Gasteiger partial charge in [-0.1, -0.05) is 84.9 Å². The van der Waals surface area contributed by atoms with Crippen molar-refractivity contribution in [1.29, 1.82) is 0 Å². The zero-order chi connectivity index (χ0) is 19.7. The Hall–Kier alpha value is -3.26. The lowest BCUT2D eigenvalue weighted by atomic mass is 10.0. The Bertz CT molecular complexity index is 1040. The largest absolute Gasteiger partial charge is 0.491 e. The maximum absolute atomic E-state index is 6.07. The molecule has 2 heteroatoms. The van der Waals surface area contributed by atoms with E-state index in [0.717, 1.165) is 43.9 Å². The summed E-state index contributed by atoms with van der Waals surface area (Å²) >= 11 is 0. The van der Waals surface area contributed by atoms with E-state index in [4.69, 9.17) is 4.74 Å². The van der Waals surface area contributed by atoms with Gasteiger partial charge in [0.05, 0.1) is 12.3 Å². The molecular formula is C27H27NO. The maximum Gasteiger partial charge on any atom is 0.142 e. The molecular weight excluding hydrogens is 354 g/mol. The number of hydrogen-bond donors (Lipinski definition) is 1. The second kappa shape index (κ2) is 9.79. The normalized spacial score (nSPS) is 10.8. The number of para-hydroxylation sites is 2. The molecule has 0 heterocycles. The summed E-state index contributed by atoms with van der Waals surface area (Å²) in [7, 11) is 0. The highest BCUT2D eigenvalue weighted by Gasteiger charge is 2.04. The number of nitrogens with one attached hydrogen (secondary N) is 1. The summed E-state index contributed by atoms with van der Waals surface area (Å²) in [5, 5.41) is 6.19. The highest BCUT2D eigenvalue weighted by Crippen LogP contribution is 2.25. The summed E-state index contributed by atoms with van der Waals surface area (Å²) in [5.41, 5.74) is 3.79. The summed E-state index contributed by atoms with van der Waals surface area (Å²) in [6.45, 7) is 1.59. The molecule has 4 rings (SSSR count). The van der Waals surface area contributed by atoms with E-state index >= 15 is 0 Å². The molecule has 0 radical (unpaired) electrons. The standard InChI is InChI=1S/C27H27NO/c1-2-10-22(11-3-1)12-9-21-29-27-18-7-6-17-26(27)28-20-19-24-15-8-14-23-13-4-5-16-25(23)24/h1-8,10-11,13-18,28H,9,12,19-21H2. The molecule has 0 aliphatic rings. The van der Waals surface area contributed by atoms with Gasteiger partial charge in [-0.3, -0.25) is 0 Å². The van der Waals surface area contributed by atoms with E-state index in [9.17, 15) is 0 Å². The molecule has 29 heavy (non-hydrogen) atoms. The lowest BCUT2D eigenvalue weighted by Gasteiger charge is -2.14. The van der Waals surface area contributed by atoms with Gasteiger partial charge in [0.2, 0.25) is 0 Å². The molecule has 4 aromatic carbocycles. The molecule has 0 fully saturated rings. The molecule has 0 saturated carbocycles. The molecule has 0 amide bonds. The highest BCUT2D eigenvalue weighted by molar-refractivity contribution is 5.85. The zero-order valence-electron chi connectivity index (χ0n) is 16.7. The van der Waals surface area contributed by atoms with Gasteiger partial charge in [0.1, 0.15) is 5.75 Å². The van der Waals surface area contributed by atoms with E-state index < -0.39 is 0 Å². The second-order valence-corrected chi connectivity index (χ2v) is 7.25. The predicted octanol–water partition coefficient (Wildman–Crippen LogP) is 6.51. The van der Waals surface area contributed by atoms with Gasteiger partial charge in [-0.15, -0.1) is 0 Å². The maximum atomic E-state index is 6.07. The summed E-state index contributed by atoms with van der Waals surface area (Å²) in [5.74, 6) is 0.929. The first-order chi connectivity index (χ1) is 14.4. The van der Waals surface area contributed by atoms with Crippen LogP contribution < -0.4 is 10.1 Å². The van der Waals surface area contributed by atoms with Crippen LogP contribution in [0.1, 0.15) is 17.5 Å². The number of benzene rings is 4. The Labute approximate surface area is 173 Å². The van der Waals surface area contributed by atoms with Crippen LogP contribution in [-0.4, -0.2) is 13.2 Å². The fourth-order valence-corrected chi connectivity index (χ4v) is 3.68. The quantitative estimate of drug-likeness (QED) is 0.334. The van der Waals surface area contributed by atoms with Crippen molar-refractivity contribution in [2.75, 3.05) is 18.5 Å². The van der Waals surface area contributed by atoms with Gasteiger partial charge in [0.15, 0.2) is 0 Å². The molecule has 1 N–H and O–H groups in total. The molecule has 2 nitrogen and oxygen atoms in total. The van der Waals surface area contributed by atoms with E-state index in [1.54, 1.807) is 0 Å². The fourth-order valence-electron chi connectivity index (χ4n) is 3.68. The van der Waals surface area contributed by atoms with Gasteiger partial charge in [-0.2, -0.15) is 0 Å². The van der Waals surface area contributed by atoms with Gasteiger partial charge < -0.3 is 10.1 Å². The first-order valence-corrected chi connectivity index (χ1v) is 10.4. The first kappa shape index (κ1) is 19.1. The topological polar surface area (TPSA) is 21.3 Å². The average Bonchev–Trinajstić information content (AvgIpc) is 2.78. The van der Waals surface area contributed by atoms with E-state index in [-0.39, 0.29) is 0 Å². The molecule has 0 aromatic heterocycles. The van der Waals surface area contributed by atoms with Gasteiger partial charge >= 0.3 is 0 Å². The minimum atomic E-state index is 0.719. The number of rotatable bonds is 9. The van der Waals surface area contributed by atoms with E-state index in [1.807, 2.05) is 12.1 Å². The summed E-state index contributed by atoms with van der Waals surface area (Å²) < 4.78 is 6.07. The van der Waals surface area contributed by atoms with Crippen LogP contribution in [0.5, 0.6) is 5.75 Å². The minimum Gasteiger partial charge on any atom is -0.491 e. The Kier molecular flexibility index (Phi) is 6.44. The highest BCUT2D eigenvalue weighted by atomic mass is 16.5.